The largest absolute Gasteiger partial charge is 0.494 e. The first-order valence-electron chi connectivity index (χ1n) is 8.28. The molecule has 0 unspecified atom stereocenters. The number of fused-ring (bicyclic) bond motifs is 1. The van der Waals surface area contributed by atoms with Gasteiger partial charge in [-0.25, -0.2) is 0 Å². The van der Waals surface area contributed by atoms with Gasteiger partial charge in [-0.2, -0.15) is 0 Å². The Morgan fingerprint density at radius 3 is 2.65 bits per heavy atom. The van der Waals surface area contributed by atoms with Crippen molar-refractivity contribution in [2.24, 2.45) is 17.3 Å². The lowest BCUT2D eigenvalue weighted by molar-refractivity contribution is -0.116. The van der Waals surface area contributed by atoms with Crippen LogP contribution in [0.2, 0.25) is 0 Å². The zero-order valence-corrected chi connectivity index (χ0v) is 14.6. The number of carbonyl (C=O) groups excluding carboxylic acids is 1. The maximum absolute atomic E-state index is 12.0. The third-order valence-corrected chi connectivity index (χ3v) is 3.92. The maximum atomic E-state index is 12.0. The molecule has 0 bridgehead atoms. The summed E-state index contributed by atoms with van der Waals surface area (Å²) in [5.41, 5.74) is 1.89. The third-order valence-electron chi connectivity index (χ3n) is 3.92. The zero-order chi connectivity index (χ0) is 18.5. The van der Waals surface area contributed by atoms with Crippen LogP contribution in [0.4, 0.5) is 11.4 Å². The van der Waals surface area contributed by atoms with Gasteiger partial charge in [-0.3, -0.25) is 4.79 Å². The number of benzene rings is 2. The van der Waals surface area contributed by atoms with E-state index in [1.165, 1.54) is 0 Å². The number of carbonyl (C=O) groups is 1. The second-order valence-electron chi connectivity index (χ2n) is 5.65. The van der Waals surface area contributed by atoms with Gasteiger partial charge in [0.1, 0.15) is 5.75 Å². The number of rotatable bonds is 6. The minimum Gasteiger partial charge on any atom is -0.494 e. The Hall–Kier alpha value is -3.35. The summed E-state index contributed by atoms with van der Waals surface area (Å²) in [5.74, 6) is 0.309. The highest BCUT2D eigenvalue weighted by molar-refractivity contribution is 5.95. The highest BCUT2D eigenvalue weighted by Crippen LogP contribution is 2.37. The van der Waals surface area contributed by atoms with Gasteiger partial charge in [0.15, 0.2) is 5.69 Å². The standard InChI is InChI=1S/C19H20N4O3/c1-3-26-14-10-8-13(9-11-14)20-12-17(24)21-22-18-15-6-4-5-7-16(15)23(2)19(18)25/h4-11,20,25H,3,12H2,1-2H3. The van der Waals surface area contributed by atoms with Crippen LogP contribution in [0, 0.1) is 0 Å². The van der Waals surface area contributed by atoms with Crippen molar-refractivity contribution in [2.75, 3.05) is 18.5 Å². The fourth-order valence-electron chi connectivity index (χ4n) is 2.61. The summed E-state index contributed by atoms with van der Waals surface area (Å²) in [6, 6.07) is 14.7. The van der Waals surface area contributed by atoms with E-state index in [4.69, 9.17) is 4.74 Å². The molecule has 134 valence electrons. The summed E-state index contributed by atoms with van der Waals surface area (Å²) in [6.45, 7) is 2.53. The van der Waals surface area contributed by atoms with E-state index in [1.54, 1.807) is 11.6 Å². The number of anilines is 1. The van der Waals surface area contributed by atoms with Crippen LogP contribution in [0.25, 0.3) is 10.9 Å². The van der Waals surface area contributed by atoms with Gasteiger partial charge in [-0.1, -0.05) is 18.2 Å². The topological polar surface area (TPSA) is 88.2 Å². The molecule has 0 aliphatic rings. The highest BCUT2D eigenvalue weighted by atomic mass is 16.5. The van der Waals surface area contributed by atoms with E-state index < -0.39 is 5.91 Å². The smallest absolute Gasteiger partial charge is 0.283 e. The number of hydrogen-bond donors (Lipinski definition) is 2. The van der Waals surface area contributed by atoms with Crippen LogP contribution in [0.5, 0.6) is 11.6 Å². The number of azo groups is 1. The number of aromatic hydroxyl groups is 1. The van der Waals surface area contributed by atoms with Gasteiger partial charge in [0, 0.05) is 18.1 Å². The Balaban J connectivity index is 1.66. The average molecular weight is 352 g/mol. The first-order chi connectivity index (χ1) is 12.6. The van der Waals surface area contributed by atoms with Gasteiger partial charge in [0.2, 0.25) is 5.88 Å². The SMILES string of the molecule is CCOc1ccc(NCC(=O)N=Nc2c(O)n(C)c3ccccc23)cc1. The lowest BCUT2D eigenvalue weighted by Gasteiger charge is -2.05. The second-order valence-corrected chi connectivity index (χ2v) is 5.65. The summed E-state index contributed by atoms with van der Waals surface area (Å²) < 4.78 is 6.97. The molecule has 0 aliphatic heterocycles. The fourth-order valence-corrected chi connectivity index (χ4v) is 2.61. The number of aromatic nitrogens is 1. The average Bonchev–Trinajstić information content (AvgIpc) is 2.91. The van der Waals surface area contributed by atoms with Crippen molar-refractivity contribution >= 4 is 28.2 Å². The van der Waals surface area contributed by atoms with Crippen LogP contribution in [0.1, 0.15) is 6.92 Å². The summed E-state index contributed by atoms with van der Waals surface area (Å²) in [6.07, 6.45) is 0. The molecule has 3 aromatic rings. The molecular weight excluding hydrogens is 332 g/mol. The Kier molecular flexibility index (Phi) is 5.17. The minimum absolute atomic E-state index is 0.00299. The quantitative estimate of drug-likeness (QED) is 0.656. The maximum Gasteiger partial charge on any atom is 0.283 e. The molecule has 0 radical (unpaired) electrons. The van der Waals surface area contributed by atoms with Gasteiger partial charge in [-0.05, 0) is 37.3 Å². The van der Waals surface area contributed by atoms with Gasteiger partial charge >= 0.3 is 0 Å². The molecule has 0 atom stereocenters. The summed E-state index contributed by atoms with van der Waals surface area (Å²) in [5, 5.41) is 21.6. The molecule has 7 heteroatoms. The van der Waals surface area contributed by atoms with E-state index in [0.717, 1.165) is 22.3 Å². The number of hydrogen-bond acceptors (Lipinski definition) is 5. The molecule has 3 rings (SSSR count). The van der Waals surface area contributed by atoms with Crippen LogP contribution < -0.4 is 10.1 Å². The van der Waals surface area contributed by atoms with E-state index >= 15 is 0 Å². The van der Waals surface area contributed by atoms with Crippen molar-refractivity contribution in [2.45, 2.75) is 6.92 Å². The normalized spacial score (nSPS) is 11.2. The molecule has 1 amide bonds. The molecule has 0 saturated carbocycles. The van der Waals surface area contributed by atoms with Crippen LogP contribution in [-0.2, 0) is 11.8 Å². The molecule has 2 N–H and O–H groups in total. The second kappa shape index (κ2) is 7.69. The third kappa shape index (κ3) is 3.66. The van der Waals surface area contributed by atoms with Crippen molar-refractivity contribution < 1.29 is 14.6 Å². The first-order valence-corrected chi connectivity index (χ1v) is 8.28. The Morgan fingerprint density at radius 1 is 1.19 bits per heavy atom. The van der Waals surface area contributed by atoms with Crippen molar-refractivity contribution in [3.05, 3.63) is 48.5 Å². The lowest BCUT2D eigenvalue weighted by Crippen LogP contribution is -2.10. The van der Waals surface area contributed by atoms with Gasteiger partial charge in [0.05, 0.1) is 18.7 Å². The van der Waals surface area contributed by atoms with Crippen LogP contribution in [0.15, 0.2) is 58.8 Å². The Bertz CT molecular complexity index is 945. The Morgan fingerprint density at radius 2 is 1.92 bits per heavy atom. The molecular formula is C19H20N4O3. The molecule has 0 fully saturated rings. The van der Waals surface area contributed by atoms with Crippen molar-refractivity contribution in [1.82, 2.24) is 4.57 Å². The predicted molar refractivity (Wildman–Crippen MR) is 100 cm³/mol. The number of aryl methyl sites for hydroxylation is 1. The predicted octanol–water partition coefficient (Wildman–Crippen LogP) is 4.01. The van der Waals surface area contributed by atoms with E-state index in [-0.39, 0.29) is 18.1 Å². The number of amides is 1. The van der Waals surface area contributed by atoms with E-state index in [1.807, 2.05) is 55.5 Å². The van der Waals surface area contributed by atoms with Crippen LogP contribution in [0.3, 0.4) is 0 Å². The molecule has 1 heterocycles. The number of nitrogens with one attached hydrogen (secondary N) is 1. The molecule has 0 spiro atoms. The molecule has 0 saturated heterocycles. The molecule has 26 heavy (non-hydrogen) atoms. The van der Waals surface area contributed by atoms with Crippen LogP contribution in [-0.4, -0.2) is 28.7 Å². The van der Waals surface area contributed by atoms with Gasteiger partial charge < -0.3 is 19.7 Å². The number of nitrogens with zero attached hydrogens (tertiary/aromatic N) is 3. The Labute approximate surface area is 150 Å². The summed E-state index contributed by atoms with van der Waals surface area (Å²) in [4.78, 5) is 12.0. The van der Waals surface area contributed by atoms with Crippen molar-refractivity contribution in [1.29, 1.82) is 0 Å². The highest BCUT2D eigenvalue weighted by Gasteiger charge is 2.13. The molecule has 2 aromatic carbocycles. The van der Waals surface area contributed by atoms with Gasteiger partial charge in [-0.15, -0.1) is 10.2 Å². The number of para-hydroxylation sites is 1. The summed E-state index contributed by atoms with van der Waals surface area (Å²) >= 11 is 0. The number of ether oxygens (including phenoxy) is 1. The van der Waals surface area contributed by atoms with Crippen LogP contribution >= 0.6 is 0 Å². The minimum atomic E-state index is -0.439. The van der Waals surface area contributed by atoms with Gasteiger partial charge in [0.25, 0.3) is 5.91 Å². The molecule has 7 nitrogen and oxygen atoms in total. The molecule has 1 aromatic heterocycles. The zero-order valence-electron chi connectivity index (χ0n) is 14.6. The van der Waals surface area contributed by atoms with Crippen molar-refractivity contribution in [3.8, 4) is 11.6 Å². The first kappa shape index (κ1) is 17.5. The monoisotopic (exact) mass is 352 g/mol. The summed E-state index contributed by atoms with van der Waals surface area (Å²) in [7, 11) is 1.73. The lowest BCUT2D eigenvalue weighted by atomic mass is 10.2. The van der Waals surface area contributed by atoms with E-state index in [0.29, 0.717) is 6.61 Å². The fraction of sp³-hybridized carbons (Fsp3) is 0.211. The van der Waals surface area contributed by atoms with Crippen molar-refractivity contribution in [3.63, 3.8) is 0 Å². The van der Waals surface area contributed by atoms with E-state index in [9.17, 15) is 9.90 Å². The van der Waals surface area contributed by atoms with E-state index in [2.05, 4.69) is 15.5 Å². The molecule has 0 aliphatic carbocycles.